The molecule has 1 N–H and O–H groups in total. The molecule has 3 aromatic carbocycles. The SMILES string of the molecule is CCc1ccc(C)cc1N1C(=O)C[SH](C)/C1=N\C(=O)NCCCc1cccc(-c2ncn(-c3ccc(OC(F)(F)F)cc3)n2)c1. The van der Waals surface area contributed by atoms with E-state index in [1.54, 1.807) is 4.90 Å². The van der Waals surface area contributed by atoms with Gasteiger partial charge in [0, 0.05) is 12.1 Å². The van der Waals surface area contributed by atoms with Crippen LogP contribution in [0.25, 0.3) is 17.1 Å². The molecule has 3 amide bonds. The molecule has 5 rings (SSSR count). The van der Waals surface area contributed by atoms with E-state index in [-0.39, 0.29) is 11.7 Å². The predicted octanol–water partition coefficient (Wildman–Crippen LogP) is 6.38. The van der Waals surface area contributed by atoms with Crippen molar-refractivity contribution in [2.24, 2.45) is 4.99 Å². The maximum atomic E-state index is 12.9. The smallest absolute Gasteiger partial charge is 0.406 e. The molecule has 2 heterocycles. The summed E-state index contributed by atoms with van der Waals surface area (Å²) in [6.07, 6.45) is 0.802. The van der Waals surface area contributed by atoms with Crippen molar-refractivity contribution in [3.63, 3.8) is 0 Å². The normalized spacial score (nSPS) is 16.8. The number of hydrogen-bond donors (Lipinski definition) is 2. The van der Waals surface area contributed by atoms with Gasteiger partial charge in [-0.25, -0.2) is 14.5 Å². The number of carbonyl (C=O) groups is 2. The van der Waals surface area contributed by atoms with Gasteiger partial charge in [-0.15, -0.1) is 18.3 Å². The lowest BCUT2D eigenvalue weighted by Crippen LogP contribution is -2.32. The number of hydrogen-bond acceptors (Lipinski definition) is 5. The van der Waals surface area contributed by atoms with Gasteiger partial charge in [-0.2, -0.15) is 15.9 Å². The summed E-state index contributed by atoms with van der Waals surface area (Å²) in [5.41, 5.74) is 5.20. The fourth-order valence-electron chi connectivity index (χ4n) is 4.99. The summed E-state index contributed by atoms with van der Waals surface area (Å²) in [7, 11) is -0.885. The maximum Gasteiger partial charge on any atom is 0.573 e. The Morgan fingerprint density at radius 3 is 2.62 bits per heavy atom. The van der Waals surface area contributed by atoms with Crippen LogP contribution in [0.2, 0.25) is 0 Å². The van der Waals surface area contributed by atoms with E-state index in [9.17, 15) is 22.8 Å². The van der Waals surface area contributed by atoms with Crippen LogP contribution >= 0.6 is 10.9 Å². The molecule has 45 heavy (non-hydrogen) atoms. The first-order chi connectivity index (χ1) is 21.5. The fraction of sp³-hybridized carbons (Fsp3) is 0.281. The van der Waals surface area contributed by atoms with Crippen molar-refractivity contribution in [2.75, 3.05) is 23.5 Å². The topological polar surface area (TPSA) is 102 Å². The first kappa shape index (κ1) is 31.8. The van der Waals surface area contributed by atoms with Crippen molar-refractivity contribution >= 4 is 33.7 Å². The van der Waals surface area contributed by atoms with Crippen molar-refractivity contribution in [2.45, 2.75) is 39.5 Å². The number of urea groups is 1. The Kier molecular flexibility index (Phi) is 9.57. The average molecular weight is 639 g/mol. The molecule has 0 radical (unpaired) electrons. The molecule has 1 aliphatic rings. The first-order valence-corrected chi connectivity index (χ1v) is 16.4. The van der Waals surface area contributed by atoms with Crippen LogP contribution < -0.4 is 15.0 Å². The molecule has 1 saturated heterocycles. The molecule has 1 aromatic heterocycles. The van der Waals surface area contributed by atoms with Gasteiger partial charge in [-0.3, -0.25) is 9.69 Å². The third kappa shape index (κ3) is 7.90. The zero-order valence-electron chi connectivity index (χ0n) is 25.0. The van der Waals surface area contributed by atoms with Crippen LogP contribution in [0.15, 0.2) is 78.0 Å². The zero-order valence-corrected chi connectivity index (χ0v) is 25.9. The number of anilines is 1. The number of halogens is 3. The van der Waals surface area contributed by atoms with Crippen LogP contribution in [0.3, 0.4) is 0 Å². The Balaban J connectivity index is 1.18. The molecule has 13 heteroatoms. The summed E-state index contributed by atoms with van der Waals surface area (Å²) in [6.45, 7) is 4.42. The largest absolute Gasteiger partial charge is 0.573 e. The third-order valence-electron chi connectivity index (χ3n) is 7.16. The second-order valence-electron chi connectivity index (χ2n) is 10.6. The molecule has 236 valence electrons. The summed E-state index contributed by atoms with van der Waals surface area (Å²) in [6, 6.07) is 18.6. The van der Waals surface area contributed by atoms with Crippen molar-refractivity contribution < 1.29 is 27.5 Å². The Hall–Kier alpha value is -4.65. The number of amidine groups is 1. The van der Waals surface area contributed by atoms with Gasteiger partial charge < -0.3 is 10.1 Å². The second kappa shape index (κ2) is 13.6. The quantitative estimate of drug-likeness (QED) is 0.164. The summed E-state index contributed by atoms with van der Waals surface area (Å²) >= 11 is 0. The first-order valence-electron chi connectivity index (χ1n) is 14.4. The number of ether oxygens (including phenoxy) is 1. The standard InChI is InChI=1S/C32H33F3N6O3S/c1-4-23-11-10-21(2)17-27(23)41-28(42)19-45(3)31(41)38-30(43)36-16-6-8-22-7-5-9-24(18-22)29-37-20-40(39-29)25-12-14-26(15-13-25)44-32(33,34)35/h5,7,9-15,17-18,20,45H,4,6,8,16,19H2,1-3H3,(H,36,43)/b38-31-. The molecule has 1 atom stereocenters. The van der Waals surface area contributed by atoms with E-state index in [0.717, 1.165) is 34.4 Å². The molecular weight excluding hydrogens is 605 g/mol. The highest BCUT2D eigenvalue weighted by Gasteiger charge is 2.35. The average Bonchev–Trinajstić information content (AvgIpc) is 3.59. The van der Waals surface area contributed by atoms with Crippen LogP contribution in [0.1, 0.15) is 30.0 Å². The Labute approximate surface area is 261 Å². The lowest BCUT2D eigenvalue weighted by atomic mass is 10.1. The number of aryl methyl sites for hydroxylation is 3. The van der Waals surface area contributed by atoms with E-state index >= 15 is 0 Å². The van der Waals surface area contributed by atoms with Crippen molar-refractivity contribution in [1.82, 2.24) is 20.1 Å². The van der Waals surface area contributed by atoms with Gasteiger partial charge in [0.15, 0.2) is 11.0 Å². The number of thiol groups is 1. The van der Waals surface area contributed by atoms with E-state index in [0.29, 0.717) is 41.8 Å². The highest BCUT2D eigenvalue weighted by Crippen LogP contribution is 2.38. The third-order valence-corrected chi connectivity index (χ3v) is 8.89. The van der Waals surface area contributed by atoms with Crippen LogP contribution in [-0.4, -0.2) is 56.8 Å². The number of aliphatic imine (C=N–C) groups is 1. The second-order valence-corrected chi connectivity index (χ2v) is 12.7. The highest BCUT2D eigenvalue weighted by molar-refractivity contribution is 8.30. The Morgan fingerprint density at radius 1 is 1.11 bits per heavy atom. The maximum absolute atomic E-state index is 12.9. The van der Waals surface area contributed by atoms with Crippen molar-refractivity contribution in [3.05, 3.63) is 89.7 Å². The minimum absolute atomic E-state index is 0.0388. The van der Waals surface area contributed by atoms with E-state index in [2.05, 4.69) is 25.1 Å². The Bertz CT molecular complexity index is 1720. The van der Waals surface area contributed by atoms with Crippen LogP contribution in [0.5, 0.6) is 5.75 Å². The molecule has 0 bridgehead atoms. The van der Waals surface area contributed by atoms with E-state index < -0.39 is 23.3 Å². The molecule has 0 spiro atoms. The van der Waals surface area contributed by atoms with Crippen LogP contribution in [-0.2, 0) is 17.6 Å². The minimum atomic E-state index is -4.76. The monoisotopic (exact) mass is 638 g/mol. The van der Waals surface area contributed by atoms with Crippen LogP contribution in [0, 0.1) is 6.92 Å². The van der Waals surface area contributed by atoms with Gasteiger partial charge in [0.1, 0.15) is 12.1 Å². The number of amides is 3. The number of carbonyl (C=O) groups excluding carboxylic acids is 2. The lowest BCUT2D eigenvalue weighted by molar-refractivity contribution is -0.274. The van der Waals surface area contributed by atoms with Gasteiger partial charge in [0.05, 0.1) is 17.1 Å². The van der Waals surface area contributed by atoms with E-state index in [1.165, 1.54) is 35.3 Å². The zero-order chi connectivity index (χ0) is 32.1. The summed E-state index contributed by atoms with van der Waals surface area (Å²) in [5, 5.41) is 7.85. The lowest BCUT2D eigenvalue weighted by Gasteiger charge is -2.22. The van der Waals surface area contributed by atoms with Crippen molar-refractivity contribution in [3.8, 4) is 22.8 Å². The van der Waals surface area contributed by atoms with Gasteiger partial charge in [-0.1, -0.05) is 37.3 Å². The molecule has 4 aromatic rings. The number of alkyl halides is 3. The predicted molar refractivity (Wildman–Crippen MR) is 170 cm³/mol. The van der Waals surface area contributed by atoms with Gasteiger partial charge in [0.2, 0.25) is 5.91 Å². The summed E-state index contributed by atoms with van der Waals surface area (Å²) < 4.78 is 42.7. The van der Waals surface area contributed by atoms with E-state index in [1.807, 2.05) is 62.6 Å². The number of rotatable bonds is 9. The molecule has 1 fully saturated rings. The summed E-state index contributed by atoms with van der Waals surface area (Å²) in [4.78, 5) is 36.0. The van der Waals surface area contributed by atoms with Gasteiger partial charge in [0.25, 0.3) is 0 Å². The number of nitrogens with zero attached hydrogens (tertiary/aromatic N) is 5. The minimum Gasteiger partial charge on any atom is -0.406 e. The van der Waals surface area contributed by atoms with Crippen LogP contribution in [0.4, 0.5) is 23.7 Å². The summed E-state index contributed by atoms with van der Waals surface area (Å²) in [5.74, 6) is 0.471. The molecule has 1 aliphatic heterocycles. The molecular formula is C32H33F3N6O3S. The molecule has 9 nitrogen and oxygen atoms in total. The number of nitrogens with one attached hydrogen (secondary N) is 1. The molecule has 0 saturated carbocycles. The Morgan fingerprint density at radius 2 is 1.89 bits per heavy atom. The van der Waals surface area contributed by atoms with Gasteiger partial charge in [-0.05, 0) is 85.5 Å². The van der Waals surface area contributed by atoms with E-state index in [4.69, 9.17) is 0 Å². The molecule has 0 aliphatic carbocycles. The molecule has 1 unspecified atom stereocenters. The number of aromatic nitrogens is 3. The highest BCUT2D eigenvalue weighted by atomic mass is 32.2. The van der Waals surface area contributed by atoms with Gasteiger partial charge >= 0.3 is 12.4 Å². The number of benzene rings is 3. The fourth-order valence-corrected chi connectivity index (χ4v) is 6.50. The van der Waals surface area contributed by atoms with Crippen molar-refractivity contribution in [1.29, 1.82) is 0 Å².